The highest BCUT2D eigenvalue weighted by Crippen LogP contribution is 2.27. The fraction of sp³-hybridized carbons (Fsp3) is 0.241. The zero-order valence-corrected chi connectivity index (χ0v) is 20.6. The van der Waals surface area contributed by atoms with Crippen LogP contribution in [0.15, 0.2) is 89.7 Å². The first-order valence-corrected chi connectivity index (χ1v) is 12.3. The minimum absolute atomic E-state index is 0.0649. The Bertz CT molecular complexity index is 1490. The molecule has 2 aromatic heterocycles. The molecule has 5 aromatic rings. The number of H-pyrrole nitrogens is 1. The number of tetrazole rings is 1. The van der Waals surface area contributed by atoms with Gasteiger partial charge in [0, 0.05) is 24.2 Å². The molecule has 0 radical (unpaired) electrons. The van der Waals surface area contributed by atoms with Gasteiger partial charge in [0.15, 0.2) is 5.82 Å². The second-order valence-electron chi connectivity index (χ2n) is 9.21. The molecule has 2 heterocycles. The third-order valence-electron chi connectivity index (χ3n) is 6.54. The molecular weight excluding hydrogens is 448 g/mol. The van der Waals surface area contributed by atoms with Crippen molar-refractivity contribution in [2.45, 2.75) is 45.9 Å². The summed E-state index contributed by atoms with van der Waals surface area (Å²) in [7, 11) is 0. The zero-order chi connectivity index (χ0) is 24.9. The van der Waals surface area contributed by atoms with Crippen LogP contribution in [0.1, 0.15) is 47.5 Å². The van der Waals surface area contributed by atoms with E-state index in [0.29, 0.717) is 19.6 Å². The molecule has 0 bridgehead atoms. The lowest BCUT2D eigenvalue weighted by Crippen LogP contribution is -2.32. The van der Waals surface area contributed by atoms with E-state index < -0.39 is 0 Å². The Kier molecular flexibility index (Phi) is 7.00. The number of aryl methyl sites for hydroxylation is 1. The number of benzene rings is 3. The molecule has 0 spiro atoms. The van der Waals surface area contributed by atoms with Crippen LogP contribution in [0.5, 0.6) is 0 Å². The first-order chi connectivity index (χ1) is 17.6. The number of pyridine rings is 1. The molecule has 1 N–H and O–H groups in total. The van der Waals surface area contributed by atoms with Gasteiger partial charge >= 0.3 is 0 Å². The Morgan fingerprint density at radius 3 is 2.36 bits per heavy atom. The summed E-state index contributed by atoms with van der Waals surface area (Å²) in [5.74, 6) is 0.796. The first kappa shape index (κ1) is 23.6. The maximum atomic E-state index is 13.1. The highest BCUT2D eigenvalue weighted by Gasteiger charge is 2.26. The number of nitrogens with zero attached hydrogens (tertiary/aromatic N) is 5. The number of rotatable bonds is 9. The molecule has 5 rings (SSSR count). The summed E-state index contributed by atoms with van der Waals surface area (Å²) in [6.45, 7) is 5.90. The van der Waals surface area contributed by atoms with Crippen LogP contribution in [0.25, 0.3) is 10.9 Å². The van der Waals surface area contributed by atoms with Crippen molar-refractivity contribution in [2.75, 3.05) is 0 Å². The average molecular weight is 479 g/mol. The van der Waals surface area contributed by atoms with Crippen molar-refractivity contribution in [1.29, 1.82) is 0 Å². The van der Waals surface area contributed by atoms with Gasteiger partial charge in [-0.2, -0.15) is 0 Å². The van der Waals surface area contributed by atoms with E-state index in [4.69, 9.17) is 0 Å². The van der Waals surface area contributed by atoms with Crippen LogP contribution in [0.2, 0.25) is 0 Å². The predicted octanol–water partition coefficient (Wildman–Crippen LogP) is 5.02. The van der Waals surface area contributed by atoms with Gasteiger partial charge in [0.25, 0.3) is 5.56 Å². The molecule has 7 heteroatoms. The second-order valence-corrected chi connectivity index (χ2v) is 9.21. The smallest absolute Gasteiger partial charge is 0.252 e. The number of hydrogen-bond acceptors (Lipinski definition) is 5. The van der Waals surface area contributed by atoms with E-state index in [0.717, 1.165) is 39.8 Å². The van der Waals surface area contributed by atoms with Gasteiger partial charge in [0.05, 0.1) is 12.6 Å². The number of aromatic nitrogens is 5. The second kappa shape index (κ2) is 10.7. The van der Waals surface area contributed by atoms with Gasteiger partial charge in [-0.25, -0.2) is 4.68 Å². The summed E-state index contributed by atoms with van der Waals surface area (Å²) < 4.78 is 1.87. The third-order valence-corrected chi connectivity index (χ3v) is 6.54. The monoisotopic (exact) mass is 478 g/mol. The number of nitrogens with one attached hydrogen (secondary N) is 1. The molecule has 36 heavy (non-hydrogen) atoms. The van der Waals surface area contributed by atoms with Gasteiger partial charge in [-0.15, -0.1) is 5.10 Å². The standard InChI is InChI=1S/C29H30N6O/c1-3-27(28-31-32-33-35(28)19-23-12-8-5-9-13-23)34(18-22-10-6-4-7-11-22)20-25-17-24-15-14-21(2)16-26(24)30-29(25)36/h4-17,27H,3,18-20H2,1-2H3,(H,30,36)/t27-/m0/s1. The minimum atomic E-state index is -0.0722. The van der Waals surface area contributed by atoms with Crippen molar-refractivity contribution >= 4 is 10.9 Å². The Morgan fingerprint density at radius 1 is 0.917 bits per heavy atom. The molecule has 0 aliphatic rings. The van der Waals surface area contributed by atoms with Crippen molar-refractivity contribution in [3.63, 3.8) is 0 Å². The largest absolute Gasteiger partial charge is 0.322 e. The van der Waals surface area contributed by atoms with Crippen LogP contribution in [0.4, 0.5) is 0 Å². The Hall–Kier alpha value is -4.10. The van der Waals surface area contributed by atoms with Crippen molar-refractivity contribution in [3.05, 3.63) is 123 Å². The van der Waals surface area contributed by atoms with Gasteiger partial charge < -0.3 is 4.98 Å². The highest BCUT2D eigenvalue weighted by atomic mass is 16.1. The van der Waals surface area contributed by atoms with E-state index in [9.17, 15) is 4.79 Å². The lowest BCUT2D eigenvalue weighted by atomic mass is 10.1. The van der Waals surface area contributed by atoms with Crippen LogP contribution < -0.4 is 5.56 Å². The van der Waals surface area contributed by atoms with Gasteiger partial charge in [-0.1, -0.05) is 79.7 Å². The quantitative estimate of drug-likeness (QED) is 0.322. The maximum absolute atomic E-state index is 13.1. The average Bonchev–Trinajstić information content (AvgIpc) is 3.34. The number of hydrogen-bond donors (Lipinski definition) is 1. The van der Waals surface area contributed by atoms with Crippen LogP contribution in [0, 0.1) is 6.92 Å². The Morgan fingerprint density at radius 2 is 1.64 bits per heavy atom. The Labute approximate surface area is 210 Å². The van der Waals surface area contributed by atoms with E-state index in [2.05, 4.69) is 68.7 Å². The fourth-order valence-corrected chi connectivity index (χ4v) is 4.71. The van der Waals surface area contributed by atoms with Gasteiger partial charge in [-0.05, 0) is 58.0 Å². The fourth-order valence-electron chi connectivity index (χ4n) is 4.71. The summed E-state index contributed by atoms with van der Waals surface area (Å²) in [4.78, 5) is 18.5. The summed E-state index contributed by atoms with van der Waals surface area (Å²) >= 11 is 0. The molecule has 0 saturated carbocycles. The van der Waals surface area contributed by atoms with E-state index in [1.54, 1.807) is 0 Å². The molecule has 0 unspecified atom stereocenters. The summed E-state index contributed by atoms with van der Waals surface area (Å²) in [6.07, 6.45) is 0.798. The molecule has 0 amide bonds. The minimum Gasteiger partial charge on any atom is -0.322 e. The van der Waals surface area contributed by atoms with Crippen LogP contribution in [-0.2, 0) is 19.6 Å². The van der Waals surface area contributed by atoms with Gasteiger partial charge in [0.2, 0.25) is 0 Å². The zero-order valence-electron chi connectivity index (χ0n) is 20.6. The third kappa shape index (κ3) is 5.26. The van der Waals surface area contributed by atoms with Crippen molar-refractivity contribution in [3.8, 4) is 0 Å². The summed E-state index contributed by atoms with van der Waals surface area (Å²) in [6, 6.07) is 28.6. The van der Waals surface area contributed by atoms with E-state index in [1.807, 2.05) is 60.1 Å². The Balaban J connectivity index is 1.51. The maximum Gasteiger partial charge on any atom is 0.252 e. The normalized spacial score (nSPS) is 12.3. The first-order valence-electron chi connectivity index (χ1n) is 12.3. The molecule has 0 fully saturated rings. The van der Waals surface area contributed by atoms with Crippen LogP contribution in [0.3, 0.4) is 0 Å². The lowest BCUT2D eigenvalue weighted by molar-refractivity contribution is 0.161. The summed E-state index contributed by atoms with van der Waals surface area (Å²) in [5.41, 5.74) is 4.94. The van der Waals surface area contributed by atoms with E-state index >= 15 is 0 Å². The van der Waals surface area contributed by atoms with E-state index in [-0.39, 0.29) is 11.6 Å². The predicted molar refractivity (Wildman–Crippen MR) is 141 cm³/mol. The summed E-state index contributed by atoms with van der Waals surface area (Å²) in [5, 5.41) is 13.8. The topological polar surface area (TPSA) is 79.7 Å². The van der Waals surface area contributed by atoms with Crippen molar-refractivity contribution in [1.82, 2.24) is 30.1 Å². The molecule has 7 nitrogen and oxygen atoms in total. The highest BCUT2D eigenvalue weighted by molar-refractivity contribution is 5.79. The molecule has 182 valence electrons. The SMILES string of the molecule is CC[C@@H](c1nnnn1Cc1ccccc1)N(Cc1ccccc1)Cc1cc2ccc(C)cc2[nH]c1=O. The molecule has 0 aliphatic carbocycles. The number of fused-ring (bicyclic) bond motifs is 1. The molecule has 3 aromatic carbocycles. The van der Waals surface area contributed by atoms with Crippen molar-refractivity contribution in [2.24, 2.45) is 0 Å². The van der Waals surface area contributed by atoms with E-state index in [1.165, 1.54) is 5.56 Å². The molecule has 1 atom stereocenters. The van der Waals surface area contributed by atoms with Crippen LogP contribution >= 0.6 is 0 Å². The number of aromatic amines is 1. The molecular formula is C29H30N6O. The van der Waals surface area contributed by atoms with Crippen LogP contribution in [-0.4, -0.2) is 30.1 Å². The van der Waals surface area contributed by atoms with Gasteiger partial charge in [-0.3, -0.25) is 9.69 Å². The van der Waals surface area contributed by atoms with Gasteiger partial charge in [0.1, 0.15) is 0 Å². The molecule has 0 saturated heterocycles. The lowest BCUT2D eigenvalue weighted by Gasteiger charge is -2.30. The molecule has 0 aliphatic heterocycles. The van der Waals surface area contributed by atoms with Crippen molar-refractivity contribution < 1.29 is 0 Å².